The second-order valence-electron chi connectivity index (χ2n) is 8.81. The zero-order chi connectivity index (χ0) is 25.5. The van der Waals surface area contributed by atoms with Crippen LogP contribution in [0, 0.1) is 17.0 Å². The smallest absolute Gasteiger partial charge is 0.284 e. The van der Waals surface area contributed by atoms with Gasteiger partial charge in [0.25, 0.3) is 11.6 Å². The van der Waals surface area contributed by atoms with Gasteiger partial charge in [-0.15, -0.1) is 5.10 Å². The summed E-state index contributed by atoms with van der Waals surface area (Å²) in [4.78, 5) is 28.0. The Morgan fingerprint density at radius 3 is 2.51 bits per heavy atom. The van der Waals surface area contributed by atoms with E-state index in [1.165, 1.54) is 12.1 Å². The molecule has 0 aliphatic carbocycles. The summed E-state index contributed by atoms with van der Waals surface area (Å²) >= 11 is 13.0. The molecule has 1 aromatic heterocycles. The Bertz CT molecular complexity index is 1300. The minimum atomic E-state index is -0.584. The van der Waals surface area contributed by atoms with Gasteiger partial charge in [-0.3, -0.25) is 19.8 Å². The van der Waals surface area contributed by atoms with Gasteiger partial charge in [0.2, 0.25) is 0 Å². The van der Waals surface area contributed by atoms with E-state index in [0.29, 0.717) is 30.7 Å². The van der Waals surface area contributed by atoms with Crippen LogP contribution in [-0.4, -0.2) is 61.8 Å². The molecule has 0 radical (unpaired) electrons. The van der Waals surface area contributed by atoms with Crippen LogP contribution in [-0.2, 0) is 5.54 Å². The van der Waals surface area contributed by atoms with Crippen LogP contribution in [0.3, 0.4) is 0 Å². The van der Waals surface area contributed by atoms with Gasteiger partial charge in [0.15, 0.2) is 0 Å². The molecule has 0 saturated carbocycles. The van der Waals surface area contributed by atoms with Crippen LogP contribution in [0.5, 0.6) is 0 Å². The molecule has 9 nitrogen and oxygen atoms in total. The fraction of sp³-hybridized carbons (Fsp3) is 0.348. The van der Waals surface area contributed by atoms with Crippen molar-refractivity contribution in [3.05, 3.63) is 77.4 Å². The number of hydrogen-bond acceptors (Lipinski definition) is 6. The summed E-state index contributed by atoms with van der Waals surface area (Å²) in [7, 11) is 0. The molecule has 1 aliphatic heterocycles. The third kappa shape index (κ3) is 5.00. The molecule has 3 aromatic rings. The number of nitrogens with zero attached hydrogens (tertiary/aromatic N) is 6. The van der Waals surface area contributed by atoms with E-state index in [1.807, 2.05) is 31.3 Å². The monoisotopic (exact) mass is 624 g/mol. The fourth-order valence-corrected chi connectivity index (χ4v) is 5.44. The van der Waals surface area contributed by atoms with Crippen LogP contribution in [0.25, 0.3) is 5.69 Å². The van der Waals surface area contributed by atoms with E-state index < -0.39 is 16.4 Å². The predicted molar refractivity (Wildman–Crippen MR) is 140 cm³/mol. The second-order valence-corrected chi connectivity index (χ2v) is 11.0. The number of hydrogen-bond donors (Lipinski definition) is 0. The van der Waals surface area contributed by atoms with Gasteiger partial charge in [0.1, 0.15) is 11.3 Å². The lowest BCUT2D eigenvalue weighted by atomic mass is 9.97. The van der Waals surface area contributed by atoms with Crippen molar-refractivity contribution >= 4 is 55.1 Å². The first-order chi connectivity index (χ1) is 16.5. The minimum absolute atomic E-state index is 0.0540. The van der Waals surface area contributed by atoms with E-state index in [9.17, 15) is 14.9 Å². The maximum Gasteiger partial charge on any atom is 0.284 e. The van der Waals surface area contributed by atoms with Crippen molar-refractivity contribution in [2.24, 2.45) is 0 Å². The molecule has 0 unspecified atom stereocenters. The van der Waals surface area contributed by atoms with Gasteiger partial charge in [-0.2, -0.15) is 0 Å². The van der Waals surface area contributed by atoms with Crippen LogP contribution >= 0.6 is 43.5 Å². The third-order valence-corrected chi connectivity index (χ3v) is 8.02. The molecule has 0 bridgehead atoms. The Balaban J connectivity index is 1.50. The topological polar surface area (TPSA) is 97.4 Å². The number of nitro groups is 1. The van der Waals surface area contributed by atoms with Gasteiger partial charge in [-0.25, -0.2) is 4.68 Å². The maximum atomic E-state index is 13.2. The lowest BCUT2D eigenvalue weighted by Gasteiger charge is -2.43. The average molecular weight is 627 g/mol. The summed E-state index contributed by atoms with van der Waals surface area (Å²) in [6, 6.07) is 8.73. The number of amides is 1. The number of piperazine rings is 1. The summed E-state index contributed by atoms with van der Waals surface area (Å²) in [5.41, 5.74) is 1.99. The third-order valence-electron chi connectivity index (χ3n) is 6.41. The maximum absolute atomic E-state index is 13.2. The predicted octanol–water partition coefficient (Wildman–Crippen LogP) is 5.36. The molecule has 0 atom stereocenters. The van der Waals surface area contributed by atoms with E-state index in [1.54, 1.807) is 9.58 Å². The Morgan fingerprint density at radius 1 is 1.17 bits per heavy atom. The van der Waals surface area contributed by atoms with Crippen LogP contribution in [0.2, 0.25) is 5.02 Å². The van der Waals surface area contributed by atoms with Crippen LogP contribution in [0.4, 0.5) is 5.69 Å². The molecule has 0 N–H and O–H groups in total. The normalized spacial score (nSPS) is 14.9. The molecule has 2 aromatic carbocycles. The van der Waals surface area contributed by atoms with Crippen LogP contribution in [0.15, 0.2) is 45.5 Å². The summed E-state index contributed by atoms with van der Waals surface area (Å²) in [5.74, 6) is -0.442. The van der Waals surface area contributed by atoms with E-state index >= 15 is 0 Å². The van der Waals surface area contributed by atoms with Crippen molar-refractivity contribution in [1.29, 1.82) is 0 Å². The summed E-state index contributed by atoms with van der Waals surface area (Å²) in [6.45, 7) is 8.12. The van der Waals surface area contributed by atoms with Crippen LogP contribution < -0.4 is 0 Å². The van der Waals surface area contributed by atoms with Gasteiger partial charge in [0.05, 0.1) is 27.4 Å². The van der Waals surface area contributed by atoms with E-state index in [4.69, 9.17) is 11.6 Å². The number of benzene rings is 2. The lowest BCUT2D eigenvalue weighted by molar-refractivity contribution is -0.385. The molecule has 1 amide bonds. The van der Waals surface area contributed by atoms with Crippen LogP contribution in [0.1, 0.15) is 35.5 Å². The summed E-state index contributed by atoms with van der Waals surface area (Å²) < 4.78 is 3.22. The van der Waals surface area contributed by atoms with Crippen molar-refractivity contribution in [2.45, 2.75) is 26.3 Å². The van der Waals surface area contributed by atoms with Gasteiger partial charge < -0.3 is 4.90 Å². The SMILES string of the molecule is Cc1c(Br)cccc1-n1cc(C(C)(C)N2CCN(C(=O)c3c(Cl)cc(Br)cc3[N+](=O)[O-])CC2)nn1. The summed E-state index contributed by atoms with van der Waals surface area (Å²) in [6.07, 6.45) is 1.93. The van der Waals surface area contributed by atoms with Crippen molar-refractivity contribution in [1.82, 2.24) is 24.8 Å². The number of aromatic nitrogens is 3. The molecular weight excluding hydrogens is 604 g/mol. The number of rotatable bonds is 5. The molecule has 184 valence electrons. The number of carbonyl (C=O) groups excluding carboxylic acids is 1. The standard InChI is InChI=1S/C23H23Br2ClN6O3/c1-14-16(25)5-4-6-18(14)31-13-20(27-28-31)23(2,3)30-9-7-29(8-10-30)22(33)21-17(26)11-15(24)12-19(21)32(34)35/h4-6,11-13H,7-10H2,1-3H3. The number of halogens is 3. The number of nitro benzene ring substituents is 1. The summed E-state index contributed by atoms with van der Waals surface area (Å²) in [5, 5.41) is 20.4. The molecule has 2 heterocycles. The Kier molecular flexibility index (Phi) is 7.33. The highest BCUT2D eigenvalue weighted by Crippen LogP contribution is 2.33. The zero-order valence-electron chi connectivity index (χ0n) is 19.3. The molecule has 1 saturated heterocycles. The largest absolute Gasteiger partial charge is 0.336 e. The first kappa shape index (κ1) is 25.7. The molecule has 1 fully saturated rings. The van der Waals surface area contributed by atoms with E-state index in [-0.39, 0.29) is 16.3 Å². The first-order valence-electron chi connectivity index (χ1n) is 10.9. The fourth-order valence-electron chi connectivity index (χ4n) is 4.21. The molecule has 35 heavy (non-hydrogen) atoms. The Labute approximate surface area is 224 Å². The molecule has 0 spiro atoms. The van der Waals surface area contributed by atoms with Crippen molar-refractivity contribution in [3.63, 3.8) is 0 Å². The highest BCUT2D eigenvalue weighted by Gasteiger charge is 2.36. The zero-order valence-corrected chi connectivity index (χ0v) is 23.3. The minimum Gasteiger partial charge on any atom is -0.336 e. The van der Waals surface area contributed by atoms with Gasteiger partial charge >= 0.3 is 0 Å². The Morgan fingerprint density at radius 2 is 1.86 bits per heavy atom. The van der Waals surface area contributed by atoms with E-state index in [0.717, 1.165) is 21.4 Å². The van der Waals surface area contributed by atoms with Crippen molar-refractivity contribution in [3.8, 4) is 5.69 Å². The molecule has 4 rings (SSSR count). The quantitative estimate of drug-likeness (QED) is 0.280. The lowest BCUT2D eigenvalue weighted by Crippen LogP contribution is -2.54. The second kappa shape index (κ2) is 9.96. The highest BCUT2D eigenvalue weighted by molar-refractivity contribution is 9.10. The first-order valence-corrected chi connectivity index (χ1v) is 12.8. The average Bonchev–Trinajstić information content (AvgIpc) is 3.31. The van der Waals surface area contributed by atoms with Gasteiger partial charge in [0, 0.05) is 41.2 Å². The van der Waals surface area contributed by atoms with E-state index in [2.05, 4.69) is 60.9 Å². The van der Waals surface area contributed by atoms with Crippen molar-refractivity contribution in [2.75, 3.05) is 26.2 Å². The van der Waals surface area contributed by atoms with Crippen molar-refractivity contribution < 1.29 is 9.72 Å². The van der Waals surface area contributed by atoms with Gasteiger partial charge in [-0.1, -0.05) is 54.7 Å². The molecule has 1 aliphatic rings. The number of carbonyl (C=O) groups is 1. The Hall–Kier alpha value is -2.34. The van der Waals surface area contributed by atoms with Gasteiger partial charge in [-0.05, 0) is 44.5 Å². The molecule has 12 heteroatoms. The highest BCUT2D eigenvalue weighted by atomic mass is 79.9. The molecular formula is C23H23Br2ClN6O3.